The summed E-state index contributed by atoms with van der Waals surface area (Å²) in [6.07, 6.45) is 5.58. The third-order valence-electron chi connectivity index (χ3n) is 1.71. The molecule has 5 heteroatoms. The molecule has 0 saturated carbocycles. The third-order valence-corrected chi connectivity index (χ3v) is 2.13. The lowest BCUT2D eigenvalue weighted by Crippen LogP contribution is -2.00. The van der Waals surface area contributed by atoms with Crippen molar-refractivity contribution in [2.75, 3.05) is 5.88 Å². The van der Waals surface area contributed by atoms with Crippen LogP contribution in [0.4, 0.5) is 0 Å². The molecule has 15 heavy (non-hydrogen) atoms. The van der Waals surface area contributed by atoms with Crippen LogP contribution in [0.1, 0.15) is 22.3 Å². The summed E-state index contributed by atoms with van der Waals surface area (Å²) in [6, 6.07) is 1.32. The number of halogens is 2. The van der Waals surface area contributed by atoms with Gasteiger partial charge in [0, 0.05) is 17.6 Å². The van der Waals surface area contributed by atoms with Crippen molar-refractivity contribution in [1.29, 1.82) is 0 Å². The Morgan fingerprint density at radius 1 is 1.60 bits per heavy atom. The van der Waals surface area contributed by atoms with Crippen molar-refractivity contribution in [3.63, 3.8) is 0 Å². The Bertz CT molecular complexity index is 391. The minimum Gasteiger partial charge on any atom is -0.478 e. The lowest BCUT2D eigenvalue weighted by atomic mass is 10.1. The number of alkyl halides is 1. The van der Waals surface area contributed by atoms with E-state index in [4.69, 9.17) is 28.3 Å². The van der Waals surface area contributed by atoms with Crippen molar-refractivity contribution in [2.45, 2.75) is 6.42 Å². The number of allylic oxidation sites excluding steroid dienone is 1. The summed E-state index contributed by atoms with van der Waals surface area (Å²) in [7, 11) is 0. The molecular weight excluding hydrogens is 237 g/mol. The number of carboxylic acids is 1. The zero-order chi connectivity index (χ0) is 11.3. The number of aromatic carboxylic acids is 1. The van der Waals surface area contributed by atoms with E-state index < -0.39 is 5.97 Å². The fourth-order valence-electron chi connectivity index (χ4n) is 1.03. The number of hydrogen-bond acceptors (Lipinski definition) is 2. The van der Waals surface area contributed by atoms with Gasteiger partial charge in [0.15, 0.2) is 0 Å². The summed E-state index contributed by atoms with van der Waals surface area (Å²) in [6.45, 7) is 0. The number of rotatable bonds is 4. The Kier molecular flexibility index (Phi) is 4.59. The van der Waals surface area contributed by atoms with E-state index in [9.17, 15) is 4.79 Å². The van der Waals surface area contributed by atoms with Crippen LogP contribution in [-0.4, -0.2) is 21.9 Å². The molecule has 0 radical (unpaired) electrons. The Morgan fingerprint density at radius 3 is 2.93 bits per heavy atom. The molecule has 1 aromatic heterocycles. The maximum atomic E-state index is 10.9. The topological polar surface area (TPSA) is 50.2 Å². The minimum atomic E-state index is -1.02. The first-order valence-electron chi connectivity index (χ1n) is 4.26. The van der Waals surface area contributed by atoms with Gasteiger partial charge in [0.1, 0.15) is 5.15 Å². The molecule has 0 bridgehead atoms. The molecule has 1 heterocycles. The van der Waals surface area contributed by atoms with E-state index >= 15 is 0 Å². The summed E-state index contributed by atoms with van der Waals surface area (Å²) in [5.74, 6) is -0.523. The molecule has 0 atom stereocenters. The van der Waals surface area contributed by atoms with Crippen LogP contribution in [-0.2, 0) is 0 Å². The highest BCUT2D eigenvalue weighted by molar-refractivity contribution is 6.29. The van der Waals surface area contributed by atoms with Crippen LogP contribution in [0.5, 0.6) is 0 Å². The van der Waals surface area contributed by atoms with E-state index in [2.05, 4.69) is 4.98 Å². The number of carboxylic acid groups (broad SMARTS) is 1. The van der Waals surface area contributed by atoms with Crippen LogP contribution >= 0.6 is 23.2 Å². The van der Waals surface area contributed by atoms with Gasteiger partial charge < -0.3 is 5.11 Å². The van der Waals surface area contributed by atoms with Gasteiger partial charge in [-0.05, 0) is 12.5 Å². The Labute approximate surface area is 97.3 Å². The number of aromatic nitrogens is 1. The molecule has 1 aromatic rings. The van der Waals surface area contributed by atoms with Crippen LogP contribution in [0.2, 0.25) is 5.15 Å². The van der Waals surface area contributed by atoms with E-state index in [0.29, 0.717) is 17.9 Å². The first-order chi connectivity index (χ1) is 7.15. The molecule has 0 aromatic carbocycles. The van der Waals surface area contributed by atoms with Crippen molar-refractivity contribution < 1.29 is 9.90 Å². The van der Waals surface area contributed by atoms with Gasteiger partial charge >= 0.3 is 5.97 Å². The molecule has 0 aliphatic rings. The van der Waals surface area contributed by atoms with Gasteiger partial charge in [-0.25, -0.2) is 9.78 Å². The molecule has 0 fully saturated rings. The number of carbonyl (C=O) groups is 1. The van der Waals surface area contributed by atoms with Crippen molar-refractivity contribution in [2.24, 2.45) is 0 Å². The smallest absolute Gasteiger partial charge is 0.336 e. The minimum absolute atomic E-state index is 0.140. The van der Waals surface area contributed by atoms with Gasteiger partial charge in [-0.2, -0.15) is 0 Å². The largest absolute Gasteiger partial charge is 0.478 e. The summed E-state index contributed by atoms with van der Waals surface area (Å²) in [4.78, 5) is 14.7. The summed E-state index contributed by atoms with van der Waals surface area (Å²) < 4.78 is 0. The lowest BCUT2D eigenvalue weighted by molar-refractivity contribution is 0.0696. The molecule has 3 nitrogen and oxygen atoms in total. The zero-order valence-electron chi connectivity index (χ0n) is 7.78. The van der Waals surface area contributed by atoms with E-state index in [1.165, 1.54) is 12.3 Å². The SMILES string of the molecule is O=C(O)c1cc(Cl)ncc1C=CCCCl. The first kappa shape index (κ1) is 12.0. The van der Waals surface area contributed by atoms with E-state index in [1.807, 2.05) is 0 Å². The number of hydrogen-bond donors (Lipinski definition) is 1. The van der Waals surface area contributed by atoms with Gasteiger partial charge in [0.05, 0.1) is 5.56 Å². The van der Waals surface area contributed by atoms with Gasteiger partial charge in [0.25, 0.3) is 0 Å². The van der Waals surface area contributed by atoms with Crippen LogP contribution in [0.15, 0.2) is 18.3 Å². The Morgan fingerprint density at radius 2 is 2.33 bits per heavy atom. The molecule has 1 N–H and O–H groups in total. The Balaban J connectivity index is 3.01. The molecule has 80 valence electrons. The quantitative estimate of drug-likeness (QED) is 0.656. The van der Waals surface area contributed by atoms with Crippen LogP contribution in [0.25, 0.3) is 6.08 Å². The summed E-state index contributed by atoms with van der Waals surface area (Å²) >= 11 is 11.1. The van der Waals surface area contributed by atoms with Crippen molar-refractivity contribution in [1.82, 2.24) is 4.98 Å². The molecule has 1 rings (SSSR count). The molecule has 0 amide bonds. The molecule has 0 saturated heterocycles. The lowest BCUT2D eigenvalue weighted by Gasteiger charge is -2.00. The summed E-state index contributed by atoms with van der Waals surface area (Å²) in [5.41, 5.74) is 0.665. The highest BCUT2D eigenvalue weighted by Crippen LogP contribution is 2.15. The predicted molar refractivity (Wildman–Crippen MR) is 60.6 cm³/mol. The van der Waals surface area contributed by atoms with Gasteiger partial charge in [-0.3, -0.25) is 0 Å². The van der Waals surface area contributed by atoms with Gasteiger partial charge in [-0.15, -0.1) is 11.6 Å². The van der Waals surface area contributed by atoms with Crippen LogP contribution in [0.3, 0.4) is 0 Å². The van der Waals surface area contributed by atoms with E-state index in [1.54, 1.807) is 12.2 Å². The average molecular weight is 246 g/mol. The number of pyridine rings is 1. The molecule has 0 aliphatic carbocycles. The Hall–Kier alpha value is -1.06. The monoisotopic (exact) mass is 245 g/mol. The van der Waals surface area contributed by atoms with Crippen LogP contribution in [0, 0.1) is 0 Å². The normalized spacial score (nSPS) is 10.8. The van der Waals surface area contributed by atoms with Crippen molar-refractivity contribution in [3.8, 4) is 0 Å². The average Bonchev–Trinajstić information content (AvgIpc) is 2.20. The molecule has 0 unspecified atom stereocenters. The summed E-state index contributed by atoms with van der Waals surface area (Å²) in [5, 5.41) is 9.07. The maximum Gasteiger partial charge on any atom is 0.336 e. The van der Waals surface area contributed by atoms with Gasteiger partial charge in [0.2, 0.25) is 0 Å². The van der Waals surface area contributed by atoms with E-state index in [0.717, 1.165) is 0 Å². The molecular formula is C10H9Cl2NO2. The molecule has 0 spiro atoms. The highest BCUT2D eigenvalue weighted by atomic mass is 35.5. The fraction of sp³-hybridized carbons (Fsp3) is 0.200. The van der Waals surface area contributed by atoms with Gasteiger partial charge in [-0.1, -0.05) is 23.8 Å². The number of nitrogens with zero attached hydrogens (tertiary/aromatic N) is 1. The highest BCUT2D eigenvalue weighted by Gasteiger charge is 2.08. The van der Waals surface area contributed by atoms with E-state index in [-0.39, 0.29) is 10.7 Å². The maximum absolute atomic E-state index is 10.9. The second-order valence-corrected chi connectivity index (χ2v) is 3.54. The standard InChI is InChI=1S/C10H9Cl2NO2/c11-4-2-1-3-7-6-13-9(12)5-8(7)10(14)15/h1,3,5-6H,2,4H2,(H,14,15). The predicted octanol–water partition coefficient (Wildman–Crippen LogP) is 3.08. The van der Waals surface area contributed by atoms with Crippen molar-refractivity contribution >= 4 is 35.2 Å². The fourth-order valence-corrected chi connectivity index (χ4v) is 1.32. The second kappa shape index (κ2) is 5.73. The molecule has 0 aliphatic heterocycles. The van der Waals surface area contributed by atoms with Crippen LogP contribution < -0.4 is 0 Å². The third kappa shape index (κ3) is 3.53. The second-order valence-electron chi connectivity index (χ2n) is 2.78. The van der Waals surface area contributed by atoms with Crippen molar-refractivity contribution in [3.05, 3.63) is 34.6 Å². The first-order valence-corrected chi connectivity index (χ1v) is 5.17. The zero-order valence-corrected chi connectivity index (χ0v) is 9.29.